The van der Waals surface area contributed by atoms with E-state index in [-0.39, 0.29) is 11.8 Å². The molecular weight excluding hydrogens is 294 g/mol. The molecule has 0 radical (unpaired) electrons. The fourth-order valence-corrected chi connectivity index (χ4v) is 2.86. The van der Waals surface area contributed by atoms with E-state index in [0.717, 1.165) is 16.3 Å². The van der Waals surface area contributed by atoms with Gasteiger partial charge >= 0.3 is 0 Å². The highest BCUT2D eigenvalue weighted by Gasteiger charge is 2.29. The van der Waals surface area contributed by atoms with Gasteiger partial charge < -0.3 is 4.90 Å². The van der Waals surface area contributed by atoms with E-state index in [1.165, 1.54) is 4.90 Å². The van der Waals surface area contributed by atoms with Crippen LogP contribution >= 0.6 is 15.9 Å². The molecule has 1 heterocycles. The van der Waals surface area contributed by atoms with E-state index in [9.17, 15) is 13.2 Å². The minimum Gasteiger partial charge on any atom is -0.320 e. The van der Waals surface area contributed by atoms with E-state index in [0.29, 0.717) is 12.1 Å². The molecule has 1 aliphatic heterocycles. The zero-order chi connectivity index (χ0) is 11.9. The summed E-state index contributed by atoms with van der Waals surface area (Å²) in [5.41, 5.74) is 1.45. The molecule has 0 saturated heterocycles. The van der Waals surface area contributed by atoms with Crippen LogP contribution in [0.3, 0.4) is 0 Å². The van der Waals surface area contributed by atoms with E-state index in [1.54, 1.807) is 6.07 Å². The van der Waals surface area contributed by atoms with Gasteiger partial charge in [0.2, 0.25) is 0 Å². The van der Waals surface area contributed by atoms with Crippen molar-refractivity contribution < 1.29 is 13.2 Å². The Morgan fingerprint density at radius 1 is 1.44 bits per heavy atom. The van der Waals surface area contributed by atoms with Gasteiger partial charge in [-0.15, -0.1) is 0 Å². The van der Waals surface area contributed by atoms with Gasteiger partial charge in [-0.2, -0.15) is 0 Å². The van der Waals surface area contributed by atoms with Crippen LogP contribution in [0, 0.1) is 0 Å². The molecular formula is C10H10BrNO3S. The standard InChI is InChI=1S/C10H10BrNO3S/c1-16(14,15)6-12-5-7-2-3-8(11)4-9(7)10(12)13/h2-4H,5-6H2,1H3. The Morgan fingerprint density at radius 3 is 2.75 bits per heavy atom. The van der Waals surface area contributed by atoms with Gasteiger partial charge in [-0.1, -0.05) is 22.0 Å². The predicted molar refractivity (Wildman–Crippen MR) is 63.7 cm³/mol. The van der Waals surface area contributed by atoms with Crippen molar-refractivity contribution in [1.29, 1.82) is 0 Å². The molecule has 0 saturated carbocycles. The van der Waals surface area contributed by atoms with Crippen LogP contribution in [0.5, 0.6) is 0 Å². The fraction of sp³-hybridized carbons (Fsp3) is 0.300. The van der Waals surface area contributed by atoms with Crippen LogP contribution in [0.2, 0.25) is 0 Å². The molecule has 0 unspecified atom stereocenters. The van der Waals surface area contributed by atoms with Crippen molar-refractivity contribution in [3.05, 3.63) is 33.8 Å². The van der Waals surface area contributed by atoms with Crippen molar-refractivity contribution >= 4 is 31.7 Å². The molecule has 16 heavy (non-hydrogen) atoms. The predicted octanol–water partition coefficient (Wildman–Crippen LogP) is 1.41. The maximum atomic E-state index is 11.9. The van der Waals surface area contributed by atoms with Crippen LogP contribution in [0.25, 0.3) is 0 Å². The first kappa shape index (κ1) is 11.6. The van der Waals surface area contributed by atoms with Crippen molar-refractivity contribution in [1.82, 2.24) is 4.90 Å². The minimum absolute atomic E-state index is 0.221. The van der Waals surface area contributed by atoms with Crippen LogP contribution in [0.15, 0.2) is 22.7 Å². The third-order valence-corrected chi connectivity index (χ3v) is 3.62. The first-order valence-corrected chi connectivity index (χ1v) is 7.47. The van der Waals surface area contributed by atoms with E-state index < -0.39 is 9.84 Å². The summed E-state index contributed by atoms with van der Waals surface area (Å²) in [6, 6.07) is 5.40. The minimum atomic E-state index is -3.17. The molecule has 86 valence electrons. The molecule has 0 N–H and O–H groups in total. The van der Waals surface area contributed by atoms with Gasteiger partial charge in [0.05, 0.1) is 0 Å². The Bertz CT molecular complexity index is 553. The molecule has 4 nitrogen and oxygen atoms in total. The molecule has 0 atom stereocenters. The number of halogens is 1. The highest BCUT2D eigenvalue weighted by atomic mass is 79.9. The number of nitrogens with zero attached hydrogens (tertiary/aromatic N) is 1. The Labute approximate surface area is 102 Å². The number of rotatable bonds is 2. The van der Waals surface area contributed by atoms with E-state index in [4.69, 9.17) is 0 Å². The summed E-state index contributed by atoms with van der Waals surface area (Å²) in [4.78, 5) is 13.2. The first-order valence-electron chi connectivity index (χ1n) is 4.62. The van der Waals surface area contributed by atoms with Crippen LogP contribution in [0.4, 0.5) is 0 Å². The molecule has 6 heteroatoms. The number of amides is 1. The van der Waals surface area contributed by atoms with Gasteiger partial charge in [0, 0.05) is 22.8 Å². The van der Waals surface area contributed by atoms with Gasteiger partial charge in [0.15, 0.2) is 9.84 Å². The lowest BCUT2D eigenvalue weighted by Gasteiger charge is -2.13. The molecule has 0 aliphatic carbocycles. The average molecular weight is 304 g/mol. The highest BCUT2D eigenvalue weighted by Crippen LogP contribution is 2.25. The summed E-state index contributed by atoms with van der Waals surface area (Å²) >= 11 is 3.28. The summed E-state index contributed by atoms with van der Waals surface area (Å²) in [6.45, 7) is 0.370. The number of hydrogen-bond acceptors (Lipinski definition) is 3. The number of carbonyl (C=O) groups is 1. The lowest BCUT2D eigenvalue weighted by Crippen LogP contribution is -2.29. The topological polar surface area (TPSA) is 54.5 Å². The SMILES string of the molecule is CS(=O)(=O)CN1Cc2ccc(Br)cc2C1=O. The maximum Gasteiger partial charge on any atom is 0.255 e. The number of hydrogen-bond donors (Lipinski definition) is 0. The summed E-state index contributed by atoms with van der Waals surface area (Å²) in [5, 5.41) is 0. The maximum absolute atomic E-state index is 11.9. The highest BCUT2D eigenvalue weighted by molar-refractivity contribution is 9.10. The Morgan fingerprint density at radius 2 is 2.12 bits per heavy atom. The van der Waals surface area contributed by atoms with Crippen molar-refractivity contribution in [3.8, 4) is 0 Å². The largest absolute Gasteiger partial charge is 0.320 e. The zero-order valence-electron chi connectivity index (χ0n) is 8.60. The van der Waals surface area contributed by atoms with Crippen molar-refractivity contribution in [3.63, 3.8) is 0 Å². The van der Waals surface area contributed by atoms with Crippen molar-refractivity contribution in [2.45, 2.75) is 6.54 Å². The van der Waals surface area contributed by atoms with Gasteiger partial charge in [0.1, 0.15) is 5.88 Å². The molecule has 1 amide bonds. The number of benzene rings is 1. The van der Waals surface area contributed by atoms with E-state index >= 15 is 0 Å². The third-order valence-electron chi connectivity index (χ3n) is 2.34. The summed E-state index contributed by atoms with van der Waals surface area (Å²) in [6.07, 6.45) is 1.12. The van der Waals surface area contributed by atoms with Crippen LogP contribution in [0.1, 0.15) is 15.9 Å². The molecule has 1 aliphatic rings. The molecule has 0 aromatic heterocycles. The van der Waals surface area contributed by atoms with Gasteiger partial charge in [-0.3, -0.25) is 4.79 Å². The Kier molecular flexibility index (Phi) is 2.79. The van der Waals surface area contributed by atoms with Crippen molar-refractivity contribution in [2.24, 2.45) is 0 Å². The van der Waals surface area contributed by atoms with Gasteiger partial charge in [-0.05, 0) is 17.7 Å². The quantitative estimate of drug-likeness (QED) is 0.830. The lowest BCUT2D eigenvalue weighted by atomic mass is 10.1. The number of sulfone groups is 1. The second-order valence-corrected chi connectivity index (χ2v) is 6.88. The van der Waals surface area contributed by atoms with E-state index in [2.05, 4.69) is 15.9 Å². The fourth-order valence-electron chi connectivity index (χ4n) is 1.72. The summed E-state index contributed by atoms with van der Waals surface area (Å²) < 4.78 is 23.1. The van der Waals surface area contributed by atoms with Gasteiger partial charge in [0.25, 0.3) is 5.91 Å². The number of carbonyl (C=O) groups excluding carboxylic acids is 1. The smallest absolute Gasteiger partial charge is 0.255 e. The number of fused-ring (bicyclic) bond motifs is 1. The summed E-state index contributed by atoms with van der Waals surface area (Å²) in [5.74, 6) is -0.445. The Balaban J connectivity index is 2.31. The molecule has 0 fully saturated rings. The second-order valence-electron chi connectivity index (χ2n) is 3.86. The second kappa shape index (κ2) is 3.85. The first-order chi connectivity index (χ1) is 7.37. The lowest BCUT2D eigenvalue weighted by molar-refractivity contribution is 0.0804. The van der Waals surface area contributed by atoms with Crippen LogP contribution in [-0.2, 0) is 16.4 Å². The van der Waals surface area contributed by atoms with Gasteiger partial charge in [-0.25, -0.2) is 8.42 Å². The van der Waals surface area contributed by atoms with Crippen LogP contribution in [-0.4, -0.2) is 31.4 Å². The normalized spacial score (nSPS) is 15.4. The third kappa shape index (κ3) is 2.27. The van der Waals surface area contributed by atoms with Crippen molar-refractivity contribution in [2.75, 3.05) is 12.1 Å². The summed E-state index contributed by atoms with van der Waals surface area (Å²) in [7, 11) is -3.17. The molecule has 2 rings (SSSR count). The monoisotopic (exact) mass is 303 g/mol. The Hall–Kier alpha value is -0.880. The molecule has 0 bridgehead atoms. The molecule has 1 aromatic rings. The average Bonchev–Trinajstić information content (AvgIpc) is 2.42. The molecule has 1 aromatic carbocycles. The van der Waals surface area contributed by atoms with E-state index in [1.807, 2.05) is 12.1 Å². The van der Waals surface area contributed by atoms with Crippen LogP contribution < -0.4 is 0 Å². The zero-order valence-corrected chi connectivity index (χ0v) is 11.0. The molecule has 0 spiro atoms.